The normalized spacial score (nSPS) is 12.3. The van der Waals surface area contributed by atoms with Crippen LogP contribution < -0.4 is 0 Å². The first-order valence-electron chi connectivity index (χ1n) is 6.52. The maximum atomic E-state index is 11.1. The summed E-state index contributed by atoms with van der Waals surface area (Å²) in [6.45, 7) is 7.93. The SMILES string of the molecule is CC(C)(CC(=O)Cl)c1ccc(C(C)(C)CC(=O)Cl)cc1. The second-order valence-corrected chi connectivity index (χ2v) is 7.25. The molecule has 0 spiro atoms. The maximum absolute atomic E-state index is 11.1. The Bertz CT molecular complexity index is 455. The van der Waals surface area contributed by atoms with Gasteiger partial charge in [0.05, 0.1) is 0 Å². The fourth-order valence-electron chi connectivity index (χ4n) is 2.27. The van der Waals surface area contributed by atoms with Crippen LogP contribution >= 0.6 is 23.2 Å². The predicted molar refractivity (Wildman–Crippen MR) is 83.4 cm³/mol. The predicted octanol–water partition coefficient (Wildman–Crippen LogP) is 4.55. The Morgan fingerprint density at radius 2 is 1.05 bits per heavy atom. The fraction of sp³-hybridized carbons (Fsp3) is 0.500. The number of hydrogen-bond donors (Lipinski definition) is 0. The van der Waals surface area contributed by atoms with E-state index < -0.39 is 0 Å². The lowest BCUT2D eigenvalue weighted by Crippen LogP contribution is -2.22. The van der Waals surface area contributed by atoms with Gasteiger partial charge in [-0.15, -0.1) is 0 Å². The summed E-state index contributed by atoms with van der Waals surface area (Å²) in [4.78, 5) is 22.2. The van der Waals surface area contributed by atoms with Crippen LogP contribution in [-0.4, -0.2) is 10.5 Å². The van der Waals surface area contributed by atoms with Gasteiger partial charge in [0.1, 0.15) is 0 Å². The van der Waals surface area contributed by atoms with E-state index >= 15 is 0 Å². The molecule has 0 aliphatic rings. The van der Waals surface area contributed by atoms with Gasteiger partial charge in [-0.05, 0) is 45.2 Å². The largest absolute Gasteiger partial charge is 0.281 e. The summed E-state index contributed by atoms with van der Waals surface area (Å²) in [7, 11) is 0. The van der Waals surface area contributed by atoms with Crippen LogP contribution in [0.15, 0.2) is 24.3 Å². The third-order valence-electron chi connectivity index (χ3n) is 3.61. The van der Waals surface area contributed by atoms with Crippen LogP contribution in [0.3, 0.4) is 0 Å². The van der Waals surface area contributed by atoms with Gasteiger partial charge in [-0.25, -0.2) is 0 Å². The highest BCUT2D eigenvalue weighted by atomic mass is 35.5. The van der Waals surface area contributed by atoms with Crippen LogP contribution in [-0.2, 0) is 20.4 Å². The van der Waals surface area contributed by atoms with Crippen LogP contribution in [0, 0.1) is 0 Å². The van der Waals surface area contributed by atoms with Crippen molar-refractivity contribution in [2.24, 2.45) is 0 Å². The standard InChI is InChI=1S/C16H20Cl2O2/c1-15(2,9-13(17)19)11-5-7-12(8-6-11)16(3,4)10-14(18)20/h5-8H,9-10H2,1-4H3. The molecule has 0 aliphatic carbocycles. The highest BCUT2D eigenvalue weighted by Crippen LogP contribution is 2.32. The minimum Gasteiger partial charge on any atom is -0.281 e. The summed E-state index contributed by atoms with van der Waals surface area (Å²) in [6, 6.07) is 7.93. The van der Waals surface area contributed by atoms with Crippen molar-refractivity contribution in [2.45, 2.75) is 51.4 Å². The summed E-state index contributed by atoms with van der Waals surface area (Å²) < 4.78 is 0. The van der Waals surface area contributed by atoms with Crippen molar-refractivity contribution in [3.63, 3.8) is 0 Å². The van der Waals surface area contributed by atoms with Crippen LogP contribution in [0.4, 0.5) is 0 Å². The molecule has 0 unspecified atom stereocenters. The lowest BCUT2D eigenvalue weighted by Gasteiger charge is -2.27. The molecule has 0 amide bonds. The van der Waals surface area contributed by atoms with Crippen LogP contribution in [0.5, 0.6) is 0 Å². The van der Waals surface area contributed by atoms with E-state index in [1.54, 1.807) is 0 Å². The van der Waals surface area contributed by atoms with Crippen LogP contribution in [0.1, 0.15) is 51.7 Å². The van der Waals surface area contributed by atoms with E-state index in [1.165, 1.54) is 0 Å². The summed E-state index contributed by atoms with van der Waals surface area (Å²) in [5, 5.41) is -0.681. The first-order chi connectivity index (χ1) is 9.04. The highest BCUT2D eigenvalue weighted by Gasteiger charge is 2.26. The van der Waals surface area contributed by atoms with Gasteiger partial charge in [-0.3, -0.25) is 9.59 Å². The van der Waals surface area contributed by atoms with Gasteiger partial charge >= 0.3 is 0 Å². The third-order valence-corrected chi connectivity index (χ3v) is 3.88. The van der Waals surface area contributed by atoms with Gasteiger partial charge in [-0.2, -0.15) is 0 Å². The summed E-state index contributed by atoms with van der Waals surface area (Å²) in [6.07, 6.45) is 0.578. The van der Waals surface area contributed by atoms with Gasteiger partial charge < -0.3 is 0 Å². The first-order valence-corrected chi connectivity index (χ1v) is 7.28. The third kappa shape index (κ3) is 4.60. The van der Waals surface area contributed by atoms with Crippen molar-refractivity contribution >= 4 is 33.7 Å². The zero-order chi connectivity index (χ0) is 15.6. The van der Waals surface area contributed by atoms with Crippen molar-refractivity contribution in [3.05, 3.63) is 35.4 Å². The average molecular weight is 315 g/mol. The smallest absolute Gasteiger partial charge is 0.222 e. The average Bonchev–Trinajstić information content (AvgIpc) is 2.25. The Balaban J connectivity index is 2.99. The molecule has 20 heavy (non-hydrogen) atoms. The van der Waals surface area contributed by atoms with Gasteiger partial charge in [0.25, 0.3) is 0 Å². The number of benzene rings is 1. The monoisotopic (exact) mass is 314 g/mol. The van der Waals surface area contributed by atoms with Gasteiger partial charge in [-0.1, -0.05) is 52.0 Å². The molecule has 0 saturated heterocycles. The van der Waals surface area contributed by atoms with E-state index in [0.29, 0.717) is 0 Å². The molecule has 0 bridgehead atoms. The second-order valence-electron chi connectivity index (χ2n) is 6.41. The van der Waals surface area contributed by atoms with Crippen molar-refractivity contribution in [1.29, 1.82) is 0 Å². The fourth-order valence-corrected chi connectivity index (χ4v) is 2.94. The van der Waals surface area contributed by atoms with Crippen molar-refractivity contribution in [1.82, 2.24) is 0 Å². The van der Waals surface area contributed by atoms with Crippen LogP contribution in [0.25, 0.3) is 0 Å². The number of halogens is 2. The molecule has 0 radical (unpaired) electrons. The Hall–Kier alpha value is -0.860. The zero-order valence-electron chi connectivity index (χ0n) is 12.3. The van der Waals surface area contributed by atoms with E-state index in [0.717, 1.165) is 11.1 Å². The molecule has 0 saturated carbocycles. The van der Waals surface area contributed by atoms with E-state index in [4.69, 9.17) is 23.2 Å². The van der Waals surface area contributed by atoms with Gasteiger partial charge in [0.2, 0.25) is 10.5 Å². The van der Waals surface area contributed by atoms with E-state index in [9.17, 15) is 9.59 Å². The first kappa shape index (κ1) is 17.2. The Kier molecular flexibility index (Phi) is 5.39. The maximum Gasteiger partial charge on any atom is 0.222 e. The Morgan fingerprint density at radius 1 is 0.800 bits per heavy atom. The molecule has 110 valence electrons. The number of rotatable bonds is 6. The molecule has 1 rings (SSSR count). The molecule has 0 fully saturated rings. The summed E-state index contributed by atoms with van der Waals surface area (Å²) in [5.74, 6) is 0. The van der Waals surface area contributed by atoms with Gasteiger partial charge in [0, 0.05) is 12.8 Å². The minimum atomic E-state index is -0.341. The summed E-state index contributed by atoms with van der Waals surface area (Å²) in [5.41, 5.74) is 1.49. The van der Waals surface area contributed by atoms with Crippen LogP contribution in [0.2, 0.25) is 0 Å². The molecule has 0 heterocycles. The molecule has 0 aliphatic heterocycles. The molecular weight excluding hydrogens is 295 g/mol. The second kappa shape index (κ2) is 6.28. The Labute approximate surface area is 130 Å². The van der Waals surface area contributed by atoms with E-state index in [-0.39, 0.29) is 34.2 Å². The van der Waals surface area contributed by atoms with Crippen molar-refractivity contribution in [2.75, 3.05) is 0 Å². The molecule has 0 aromatic heterocycles. The highest BCUT2D eigenvalue weighted by molar-refractivity contribution is 6.63. The van der Waals surface area contributed by atoms with E-state index in [2.05, 4.69) is 0 Å². The van der Waals surface area contributed by atoms with Gasteiger partial charge in [0.15, 0.2) is 0 Å². The summed E-state index contributed by atoms with van der Waals surface area (Å²) >= 11 is 11.0. The van der Waals surface area contributed by atoms with Crippen molar-refractivity contribution in [3.8, 4) is 0 Å². The number of carbonyl (C=O) groups is 2. The molecule has 4 heteroatoms. The topological polar surface area (TPSA) is 34.1 Å². The molecular formula is C16H20Cl2O2. The molecule has 0 atom stereocenters. The number of hydrogen-bond acceptors (Lipinski definition) is 2. The molecule has 1 aromatic carbocycles. The minimum absolute atomic E-state index is 0.289. The molecule has 2 nitrogen and oxygen atoms in total. The van der Waals surface area contributed by atoms with E-state index in [1.807, 2.05) is 52.0 Å². The quantitative estimate of drug-likeness (QED) is 0.722. The zero-order valence-corrected chi connectivity index (χ0v) is 13.8. The lowest BCUT2D eigenvalue weighted by molar-refractivity contribution is -0.113. The van der Waals surface area contributed by atoms with Crippen molar-refractivity contribution < 1.29 is 9.59 Å². The Morgan fingerprint density at radius 3 is 1.25 bits per heavy atom. The molecule has 1 aromatic rings. The number of carbonyl (C=O) groups excluding carboxylic acids is 2. The lowest BCUT2D eigenvalue weighted by atomic mass is 9.78. The molecule has 0 N–H and O–H groups in total.